The Morgan fingerprint density at radius 3 is 2.79 bits per heavy atom. The minimum absolute atomic E-state index is 0.111. The van der Waals surface area contributed by atoms with Gasteiger partial charge in [0.15, 0.2) is 6.23 Å². The molecule has 4 rings (SSSR count). The molecule has 1 unspecified atom stereocenters. The Labute approximate surface area is 228 Å². The normalized spacial score (nSPS) is 16.3. The number of pyridine rings is 1. The number of rotatable bonds is 10. The van der Waals surface area contributed by atoms with Gasteiger partial charge in [0.1, 0.15) is 11.1 Å². The number of nitrogens with zero attached hydrogens (tertiary/aromatic N) is 3. The van der Waals surface area contributed by atoms with E-state index in [0.717, 1.165) is 42.3 Å². The highest BCUT2D eigenvalue weighted by molar-refractivity contribution is 6.31. The Hall–Kier alpha value is -2.62. The lowest BCUT2D eigenvalue weighted by atomic mass is 10.1. The molecule has 0 bridgehead atoms. The van der Waals surface area contributed by atoms with E-state index in [2.05, 4.69) is 12.2 Å². The zero-order valence-electron chi connectivity index (χ0n) is 22.8. The van der Waals surface area contributed by atoms with Crippen molar-refractivity contribution >= 4 is 39.5 Å². The lowest BCUT2D eigenvalue weighted by Crippen LogP contribution is -2.33. The molecule has 1 aliphatic rings. The summed E-state index contributed by atoms with van der Waals surface area (Å²) in [7, 11) is 0. The van der Waals surface area contributed by atoms with Crippen molar-refractivity contribution in [1.82, 2.24) is 19.7 Å². The molecule has 0 spiro atoms. The Morgan fingerprint density at radius 2 is 2.08 bits per heavy atom. The van der Waals surface area contributed by atoms with E-state index in [1.807, 2.05) is 37.6 Å². The summed E-state index contributed by atoms with van der Waals surface area (Å²) in [5, 5.41) is 9.70. The van der Waals surface area contributed by atoms with Crippen LogP contribution in [0.5, 0.6) is 0 Å². The molecule has 1 fully saturated rings. The highest BCUT2D eigenvalue weighted by Crippen LogP contribution is 2.31. The van der Waals surface area contributed by atoms with Crippen molar-refractivity contribution < 1.29 is 19.0 Å². The quantitative estimate of drug-likeness (QED) is 0.333. The van der Waals surface area contributed by atoms with Crippen LogP contribution in [0.15, 0.2) is 23.0 Å². The summed E-state index contributed by atoms with van der Waals surface area (Å²) < 4.78 is 20.8. The Balaban J connectivity index is 1.72. The summed E-state index contributed by atoms with van der Waals surface area (Å²) in [5.74, 6) is 0. The molecule has 0 saturated carbocycles. The lowest BCUT2D eigenvalue weighted by molar-refractivity contribution is -0.0410. The SMILES string of the molecule is CCCOCCc1c2c(=O)n(CCCNC(=O)OC(C)(C)C)c3ccc(Cl)cc3c2nn1C1CCCCO1. The second-order valence-corrected chi connectivity index (χ2v) is 11.1. The molecule has 0 radical (unpaired) electrons. The Bertz CT molecular complexity index is 1320. The lowest BCUT2D eigenvalue weighted by Gasteiger charge is -2.24. The monoisotopic (exact) mass is 546 g/mol. The molecule has 0 aliphatic carbocycles. The van der Waals surface area contributed by atoms with E-state index in [0.29, 0.717) is 61.7 Å². The largest absolute Gasteiger partial charge is 0.444 e. The average molecular weight is 547 g/mol. The maximum atomic E-state index is 14.0. The van der Waals surface area contributed by atoms with Crippen LogP contribution in [0.3, 0.4) is 0 Å². The molecular formula is C28H39ClN4O5. The number of carbonyl (C=O) groups is 1. The third-order valence-corrected chi connectivity index (χ3v) is 6.70. The van der Waals surface area contributed by atoms with Crippen LogP contribution in [-0.4, -0.2) is 52.4 Å². The molecule has 9 nitrogen and oxygen atoms in total. The Kier molecular flexibility index (Phi) is 9.33. The van der Waals surface area contributed by atoms with Gasteiger partial charge in [-0.3, -0.25) is 4.79 Å². The number of hydrogen-bond donors (Lipinski definition) is 1. The number of ether oxygens (including phenoxy) is 3. The molecule has 208 valence electrons. The first kappa shape index (κ1) is 28.4. The van der Waals surface area contributed by atoms with E-state index < -0.39 is 11.7 Å². The molecular weight excluding hydrogens is 508 g/mol. The number of carbonyl (C=O) groups excluding carboxylic acids is 1. The van der Waals surface area contributed by atoms with Crippen LogP contribution in [-0.2, 0) is 27.2 Å². The van der Waals surface area contributed by atoms with Crippen LogP contribution in [0.25, 0.3) is 21.8 Å². The highest BCUT2D eigenvalue weighted by atomic mass is 35.5. The molecule has 2 aromatic heterocycles. The second kappa shape index (κ2) is 12.5. The fourth-order valence-corrected chi connectivity index (χ4v) is 5.01. The van der Waals surface area contributed by atoms with Crippen molar-refractivity contribution in [3.63, 3.8) is 0 Å². The minimum atomic E-state index is -0.568. The molecule has 3 heterocycles. The summed E-state index contributed by atoms with van der Waals surface area (Å²) in [6.45, 7) is 10.2. The number of aryl methyl sites for hydroxylation is 1. The predicted molar refractivity (Wildman–Crippen MR) is 149 cm³/mol. The number of halogens is 1. The highest BCUT2D eigenvalue weighted by Gasteiger charge is 2.26. The van der Waals surface area contributed by atoms with Crippen LogP contribution in [0, 0.1) is 0 Å². The summed E-state index contributed by atoms with van der Waals surface area (Å²) in [4.78, 5) is 26.1. The average Bonchev–Trinajstić information content (AvgIpc) is 3.26. The van der Waals surface area contributed by atoms with Gasteiger partial charge in [0.05, 0.1) is 23.2 Å². The topological polar surface area (TPSA) is 96.6 Å². The zero-order valence-corrected chi connectivity index (χ0v) is 23.6. The molecule has 3 aromatic rings. The van der Waals surface area contributed by atoms with Crippen LogP contribution < -0.4 is 10.9 Å². The third kappa shape index (κ3) is 6.68. The van der Waals surface area contributed by atoms with Crippen molar-refractivity contribution in [2.45, 2.75) is 84.6 Å². The number of fused-ring (bicyclic) bond motifs is 3. The van der Waals surface area contributed by atoms with Crippen molar-refractivity contribution in [3.8, 4) is 0 Å². The summed E-state index contributed by atoms with van der Waals surface area (Å²) >= 11 is 6.41. The van der Waals surface area contributed by atoms with Gasteiger partial charge in [0.2, 0.25) is 0 Å². The van der Waals surface area contributed by atoms with Crippen molar-refractivity contribution in [2.24, 2.45) is 0 Å². The molecule has 1 N–H and O–H groups in total. The van der Waals surface area contributed by atoms with E-state index >= 15 is 0 Å². The standard InChI is InChI=1S/C28H39ClN4O5/c1-5-15-36-17-12-22-24-25(31-33(22)23-9-6-7-16-37-23)20-18-19(29)10-11-21(20)32(26(24)34)14-8-13-30-27(35)38-28(2,3)4/h10-11,18,23H,5-9,12-17H2,1-4H3,(H,30,35). The van der Waals surface area contributed by atoms with Gasteiger partial charge in [-0.2, -0.15) is 5.10 Å². The van der Waals surface area contributed by atoms with Crippen LogP contribution >= 0.6 is 11.6 Å². The number of hydrogen-bond acceptors (Lipinski definition) is 6. The molecule has 38 heavy (non-hydrogen) atoms. The fraction of sp³-hybridized carbons (Fsp3) is 0.607. The van der Waals surface area contributed by atoms with E-state index in [1.165, 1.54) is 0 Å². The maximum absolute atomic E-state index is 14.0. The van der Waals surface area contributed by atoms with E-state index in [-0.39, 0.29) is 11.8 Å². The summed E-state index contributed by atoms with van der Waals surface area (Å²) in [5.41, 5.74) is 1.54. The molecule has 1 aromatic carbocycles. The van der Waals surface area contributed by atoms with Crippen LogP contribution in [0.1, 0.15) is 71.7 Å². The van der Waals surface area contributed by atoms with E-state index in [9.17, 15) is 9.59 Å². The van der Waals surface area contributed by atoms with Gasteiger partial charge in [0, 0.05) is 43.1 Å². The van der Waals surface area contributed by atoms with Gasteiger partial charge in [-0.05, 0) is 71.1 Å². The van der Waals surface area contributed by atoms with Crippen molar-refractivity contribution in [1.29, 1.82) is 0 Å². The van der Waals surface area contributed by atoms with Gasteiger partial charge in [-0.25, -0.2) is 9.48 Å². The van der Waals surface area contributed by atoms with Crippen molar-refractivity contribution in [3.05, 3.63) is 39.3 Å². The van der Waals surface area contributed by atoms with Crippen molar-refractivity contribution in [2.75, 3.05) is 26.4 Å². The molecule has 10 heteroatoms. The first-order valence-electron chi connectivity index (χ1n) is 13.6. The fourth-order valence-electron chi connectivity index (χ4n) is 4.83. The van der Waals surface area contributed by atoms with Crippen LogP contribution in [0.4, 0.5) is 4.79 Å². The van der Waals surface area contributed by atoms with Crippen LogP contribution in [0.2, 0.25) is 5.02 Å². The van der Waals surface area contributed by atoms with Gasteiger partial charge in [-0.1, -0.05) is 18.5 Å². The molecule has 1 atom stereocenters. The number of benzene rings is 1. The first-order valence-corrected chi connectivity index (χ1v) is 14.0. The van der Waals surface area contributed by atoms with Gasteiger partial charge in [-0.15, -0.1) is 0 Å². The molecule has 1 amide bonds. The molecule has 1 aliphatic heterocycles. The Morgan fingerprint density at radius 1 is 1.26 bits per heavy atom. The number of amides is 1. The smallest absolute Gasteiger partial charge is 0.407 e. The third-order valence-electron chi connectivity index (χ3n) is 6.46. The van der Waals surface area contributed by atoms with E-state index in [1.54, 1.807) is 10.6 Å². The predicted octanol–water partition coefficient (Wildman–Crippen LogP) is 5.59. The van der Waals surface area contributed by atoms with E-state index in [4.69, 9.17) is 30.9 Å². The number of alkyl carbamates (subject to hydrolysis) is 1. The zero-order chi connectivity index (χ0) is 27.3. The second-order valence-electron chi connectivity index (χ2n) is 10.7. The maximum Gasteiger partial charge on any atom is 0.407 e. The van der Waals surface area contributed by atoms with Gasteiger partial charge < -0.3 is 24.1 Å². The van der Waals surface area contributed by atoms with Gasteiger partial charge in [0.25, 0.3) is 5.56 Å². The first-order chi connectivity index (χ1) is 18.2. The number of nitrogens with one attached hydrogen (secondary N) is 1. The summed E-state index contributed by atoms with van der Waals surface area (Å²) in [6, 6.07) is 5.51. The minimum Gasteiger partial charge on any atom is -0.444 e. The summed E-state index contributed by atoms with van der Waals surface area (Å²) in [6.07, 6.45) is 4.27. The molecule has 1 saturated heterocycles. The number of aromatic nitrogens is 3. The van der Waals surface area contributed by atoms with Gasteiger partial charge >= 0.3 is 6.09 Å².